The summed E-state index contributed by atoms with van der Waals surface area (Å²) in [6, 6.07) is 17.9. The molecule has 0 radical (unpaired) electrons. The first-order valence-electron chi connectivity index (χ1n) is 9.81. The smallest absolute Gasteiger partial charge is 0.257 e. The van der Waals surface area contributed by atoms with E-state index in [0.717, 1.165) is 4.88 Å². The quantitative estimate of drug-likeness (QED) is 0.358. The van der Waals surface area contributed by atoms with Gasteiger partial charge in [-0.25, -0.2) is 9.97 Å². The van der Waals surface area contributed by atoms with Crippen LogP contribution in [0.3, 0.4) is 0 Å². The molecular formula is C23H18N6O2S. The monoisotopic (exact) mass is 442 g/mol. The molecule has 0 unspecified atom stereocenters. The molecule has 8 nitrogen and oxygen atoms in total. The summed E-state index contributed by atoms with van der Waals surface area (Å²) in [5.74, 6) is -0.0918. The molecule has 5 aromatic rings. The lowest BCUT2D eigenvalue weighted by Crippen LogP contribution is -2.23. The fraction of sp³-hybridized carbons (Fsp3) is 0.0435. The van der Waals surface area contributed by atoms with Crippen molar-refractivity contribution in [1.82, 2.24) is 20.0 Å². The van der Waals surface area contributed by atoms with Crippen LogP contribution in [-0.4, -0.2) is 31.9 Å². The van der Waals surface area contributed by atoms with Crippen LogP contribution < -0.4 is 11.1 Å². The number of anilines is 1. The number of nitrogen functional groups attached to an aromatic ring is 1. The van der Waals surface area contributed by atoms with E-state index in [4.69, 9.17) is 5.73 Å². The zero-order valence-corrected chi connectivity index (χ0v) is 17.6. The van der Waals surface area contributed by atoms with Crippen molar-refractivity contribution in [3.63, 3.8) is 0 Å². The van der Waals surface area contributed by atoms with Gasteiger partial charge in [0.1, 0.15) is 22.6 Å². The Morgan fingerprint density at radius 3 is 2.69 bits per heavy atom. The molecule has 3 heterocycles. The number of phenolic OH excluding ortho intramolecular Hbond substituents is 1. The molecule has 4 N–H and O–H groups in total. The van der Waals surface area contributed by atoms with Crippen LogP contribution >= 0.6 is 11.3 Å². The largest absolute Gasteiger partial charge is 0.508 e. The second kappa shape index (κ2) is 8.12. The first-order valence-corrected chi connectivity index (χ1v) is 10.7. The number of thiophene rings is 1. The minimum Gasteiger partial charge on any atom is -0.508 e. The average Bonchev–Trinajstić information content (AvgIpc) is 3.40. The Balaban J connectivity index is 1.62. The third kappa shape index (κ3) is 3.65. The van der Waals surface area contributed by atoms with Gasteiger partial charge in [-0.05, 0) is 41.3 Å². The third-order valence-electron chi connectivity index (χ3n) is 4.90. The van der Waals surface area contributed by atoms with Crippen LogP contribution in [0, 0.1) is 0 Å². The van der Waals surface area contributed by atoms with Crippen molar-refractivity contribution in [1.29, 1.82) is 0 Å². The topological polar surface area (TPSA) is 118 Å². The van der Waals surface area contributed by atoms with Crippen LogP contribution in [0.1, 0.15) is 20.8 Å². The number of hydrogen-bond donors (Lipinski definition) is 3. The lowest BCUT2D eigenvalue weighted by Gasteiger charge is -2.04. The molecule has 0 bridgehead atoms. The van der Waals surface area contributed by atoms with Crippen LogP contribution in [0.4, 0.5) is 5.82 Å². The Morgan fingerprint density at radius 2 is 1.94 bits per heavy atom. The van der Waals surface area contributed by atoms with Gasteiger partial charge in [0.05, 0.1) is 23.8 Å². The van der Waals surface area contributed by atoms with Crippen molar-refractivity contribution in [2.45, 2.75) is 6.54 Å². The number of phenols is 1. The molecule has 5 rings (SSSR count). The van der Waals surface area contributed by atoms with Gasteiger partial charge in [0.15, 0.2) is 5.65 Å². The normalized spacial score (nSPS) is 11.5. The number of para-hydroxylation sites is 2. The van der Waals surface area contributed by atoms with Crippen molar-refractivity contribution in [3.05, 3.63) is 82.0 Å². The van der Waals surface area contributed by atoms with Gasteiger partial charge in [-0.1, -0.05) is 30.3 Å². The molecule has 2 aromatic carbocycles. The van der Waals surface area contributed by atoms with Crippen LogP contribution in [-0.2, 0) is 6.54 Å². The Bertz CT molecular complexity index is 1470. The number of fused-ring (bicyclic) bond motifs is 2. The molecule has 0 saturated carbocycles. The van der Waals surface area contributed by atoms with Gasteiger partial charge in [0.2, 0.25) is 0 Å². The summed E-state index contributed by atoms with van der Waals surface area (Å²) in [4.78, 5) is 23.4. The van der Waals surface area contributed by atoms with Gasteiger partial charge in [0.25, 0.3) is 5.91 Å². The number of aromatic hydroxyl groups is 1. The standard InChI is InChI=1S/C23H18N6O2S/c24-21-19(23(31)25-13-16-7-4-10-32-16)20-22(28-18-9-2-1-8-17(18)27-20)29(21)26-12-14-5-3-6-15(30)11-14/h1-12,30H,13,24H2,(H,25,31)/b26-12+. The summed E-state index contributed by atoms with van der Waals surface area (Å²) in [5.41, 5.74) is 9.34. The summed E-state index contributed by atoms with van der Waals surface area (Å²) in [6.45, 7) is 0.385. The van der Waals surface area contributed by atoms with E-state index < -0.39 is 0 Å². The summed E-state index contributed by atoms with van der Waals surface area (Å²) >= 11 is 1.56. The first-order chi connectivity index (χ1) is 15.6. The SMILES string of the molecule is Nc1c(C(=O)NCc2cccs2)c2nc3ccccc3nc2n1/N=C/c1cccc(O)c1. The molecule has 3 aromatic heterocycles. The first kappa shape index (κ1) is 19.7. The number of benzene rings is 2. The third-order valence-corrected chi connectivity index (χ3v) is 5.77. The number of nitrogens with one attached hydrogen (secondary N) is 1. The van der Waals surface area contributed by atoms with Gasteiger partial charge in [0, 0.05) is 4.88 Å². The molecule has 0 spiro atoms. The predicted octanol–water partition coefficient (Wildman–Crippen LogP) is 3.75. The van der Waals surface area contributed by atoms with E-state index in [1.807, 2.05) is 41.8 Å². The average molecular weight is 443 g/mol. The molecule has 32 heavy (non-hydrogen) atoms. The highest BCUT2D eigenvalue weighted by Crippen LogP contribution is 2.28. The highest BCUT2D eigenvalue weighted by molar-refractivity contribution is 7.09. The molecule has 9 heteroatoms. The minimum atomic E-state index is -0.350. The number of carbonyl (C=O) groups excluding carboxylic acids is 1. The number of rotatable bonds is 5. The molecule has 0 aliphatic carbocycles. The van der Waals surface area contributed by atoms with E-state index in [2.05, 4.69) is 20.4 Å². The second-order valence-corrected chi connectivity index (χ2v) is 8.09. The summed E-state index contributed by atoms with van der Waals surface area (Å²) in [7, 11) is 0. The van der Waals surface area contributed by atoms with E-state index in [9.17, 15) is 9.90 Å². The summed E-state index contributed by atoms with van der Waals surface area (Å²) < 4.78 is 1.40. The number of hydrogen-bond acceptors (Lipinski definition) is 7. The molecule has 0 fully saturated rings. The lowest BCUT2D eigenvalue weighted by molar-refractivity contribution is 0.0953. The highest BCUT2D eigenvalue weighted by atomic mass is 32.1. The van der Waals surface area contributed by atoms with Crippen molar-refractivity contribution in [3.8, 4) is 5.75 Å². The number of aromatic nitrogens is 3. The van der Waals surface area contributed by atoms with Crippen molar-refractivity contribution < 1.29 is 9.90 Å². The number of nitrogens with zero attached hydrogens (tertiary/aromatic N) is 4. The number of carbonyl (C=O) groups is 1. The Kier molecular flexibility index (Phi) is 5.00. The van der Waals surface area contributed by atoms with Crippen LogP contribution in [0.15, 0.2) is 71.1 Å². The predicted molar refractivity (Wildman–Crippen MR) is 126 cm³/mol. The van der Waals surface area contributed by atoms with Gasteiger partial charge < -0.3 is 16.2 Å². The zero-order chi connectivity index (χ0) is 22.1. The second-order valence-electron chi connectivity index (χ2n) is 7.06. The maximum atomic E-state index is 13.1. The van der Waals surface area contributed by atoms with Crippen molar-refractivity contribution in [2.24, 2.45) is 5.10 Å². The number of amides is 1. The van der Waals surface area contributed by atoms with Crippen LogP contribution in [0.5, 0.6) is 5.75 Å². The molecule has 0 saturated heterocycles. The Hall–Kier alpha value is -4.24. The van der Waals surface area contributed by atoms with Crippen LogP contribution in [0.25, 0.3) is 22.2 Å². The minimum absolute atomic E-state index is 0.124. The molecule has 0 aliphatic rings. The van der Waals surface area contributed by atoms with E-state index in [1.165, 1.54) is 4.68 Å². The molecule has 158 valence electrons. The number of nitrogens with two attached hydrogens (primary N) is 1. The van der Waals surface area contributed by atoms with E-state index in [1.54, 1.807) is 41.8 Å². The van der Waals surface area contributed by atoms with E-state index in [-0.39, 0.29) is 23.0 Å². The van der Waals surface area contributed by atoms with E-state index in [0.29, 0.717) is 34.3 Å². The summed E-state index contributed by atoms with van der Waals surface area (Å²) in [5, 5.41) is 19.0. The van der Waals surface area contributed by atoms with Crippen LogP contribution in [0.2, 0.25) is 0 Å². The zero-order valence-electron chi connectivity index (χ0n) is 16.8. The van der Waals surface area contributed by atoms with Gasteiger partial charge in [-0.3, -0.25) is 4.79 Å². The fourth-order valence-electron chi connectivity index (χ4n) is 3.39. The van der Waals surface area contributed by atoms with Gasteiger partial charge in [-0.2, -0.15) is 9.78 Å². The maximum absolute atomic E-state index is 13.1. The summed E-state index contributed by atoms with van der Waals surface area (Å²) in [6.07, 6.45) is 1.54. The fourth-order valence-corrected chi connectivity index (χ4v) is 4.03. The lowest BCUT2D eigenvalue weighted by atomic mass is 10.2. The maximum Gasteiger partial charge on any atom is 0.257 e. The van der Waals surface area contributed by atoms with Gasteiger partial charge in [-0.15, -0.1) is 11.3 Å². The molecule has 0 aliphatic heterocycles. The van der Waals surface area contributed by atoms with Crippen molar-refractivity contribution >= 4 is 51.5 Å². The Morgan fingerprint density at radius 1 is 1.12 bits per heavy atom. The van der Waals surface area contributed by atoms with Crippen molar-refractivity contribution in [2.75, 3.05) is 5.73 Å². The molecule has 1 amide bonds. The Labute approximate surface area is 186 Å². The van der Waals surface area contributed by atoms with Gasteiger partial charge >= 0.3 is 0 Å². The molecule has 0 atom stereocenters. The highest BCUT2D eigenvalue weighted by Gasteiger charge is 2.24. The molecular weight excluding hydrogens is 424 g/mol. The van der Waals surface area contributed by atoms with E-state index >= 15 is 0 Å².